The normalized spacial score (nSPS) is 25.4. The van der Waals surface area contributed by atoms with Crippen LogP contribution in [0.5, 0.6) is 0 Å². The molecular formula is C10H15ClF3NO2. The van der Waals surface area contributed by atoms with Crippen molar-refractivity contribution in [2.75, 3.05) is 32.2 Å². The summed E-state index contributed by atoms with van der Waals surface area (Å²) >= 11 is 5.34. The quantitative estimate of drug-likeness (QED) is 0.732. The fourth-order valence-electron chi connectivity index (χ4n) is 1.97. The lowest BCUT2D eigenvalue weighted by Crippen LogP contribution is -2.33. The highest BCUT2D eigenvalue weighted by Gasteiger charge is 2.50. The van der Waals surface area contributed by atoms with E-state index in [1.165, 1.54) is 0 Å². The molecular weight excluding hydrogens is 259 g/mol. The maximum absolute atomic E-state index is 12.8. The zero-order chi connectivity index (χ0) is 13.1. The van der Waals surface area contributed by atoms with Gasteiger partial charge in [0, 0.05) is 25.6 Å². The minimum atomic E-state index is -4.30. The highest BCUT2D eigenvalue weighted by Crippen LogP contribution is 2.37. The van der Waals surface area contributed by atoms with E-state index in [0.29, 0.717) is 6.61 Å². The highest BCUT2D eigenvalue weighted by molar-refractivity contribution is 6.27. The van der Waals surface area contributed by atoms with Gasteiger partial charge in [-0.3, -0.25) is 4.79 Å². The average Bonchev–Trinajstić information content (AvgIpc) is 2.69. The molecule has 2 unspecified atom stereocenters. The molecule has 0 bridgehead atoms. The van der Waals surface area contributed by atoms with Crippen molar-refractivity contribution in [1.82, 2.24) is 4.90 Å². The van der Waals surface area contributed by atoms with Gasteiger partial charge in [-0.05, 0) is 6.92 Å². The van der Waals surface area contributed by atoms with Crippen molar-refractivity contribution in [2.45, 2.75) is 13.1 Å². The number of alkyl halides is 4. The molecule has 0 saturated carbocycles. The van der Waals surface area contributed by atoms with Crippen molar-refractivity contribution >= 4 is 17.5 Å². The minimum absolute atomic E-state index is 0.0206. The zero-order valence-electron chi connectivity index (χ0n) is 9.47. The van der Waals surface area contributed by atoms with Crippen LogP contribution in [-0.2, 0) is 9.53 Å². The van der Waals surface area contributed by atoms with Gasteiger partial charge in [-0.2, -0.15) is 13.2 Å². The van der Waals surface area contributed by atoms with Crippen LogP contribution in [0.1, 0.15) is 6.92 Å². The van der Waals surface area contributed by atoms with E-state index < -0.39 is 23.9 Å². The third-order valence-electron chi connectivity index (χ3n) is 2.86. The lowest BCUT2D eigenvalue weighted by Gasteiger charge is -2.20. The van der Waals surface area contributed by atoms with Crippen molar-refractivity contribution in [3.63, 3.8) is 0 Å². The molecule has 1 fully saturated rings. The van der Waals surface area contributed by atoms with E-state index in [0.717, 1.165) is 4.90 Å². The Morgan fingerprint density at radius 2 is 2.12 bits per heavy atom. The van der Waals surface area contributed by atoms with E-state index in [-0.39, 0.29) is 25.6 Å². The molecule has 3 nitrogen and oxygen atoms in total. The van der Waals surface area contributed by atoms with Crippen molar-refractivity contribution in [3.8, 4) is 0 Å². The number of hydrogen-bond donors (Lipinski definition) is 0. The number of carbonyl (C=O) groups is 1. The third kappa shape index (κ3) is 3.74. The van der Waals surface area contributed by atoms with Crippen molar-refractivity contribution in [3.05, 3.63) is 0 Å². The molecule has 0 aromatic carbocycles. The SMILES string of the molecule is CCOCC1CN(C(=O)CCl)CC1C(F)(F)F. The maximum atomic E-state index is 12.8. The van der Waals surface area contributed by atoms with Crippen LogP contribution in [0.15, 0.2) is 0 Å². The van der Waals surface area contributed by atoms with Gasteiger partial charge < -0.3 is 9.64 Å². The van der Waals surface area contributed by atoms with Gasteiger partial charge in [0.15, 0.2) is 0 Å². The lowest BCUT2D eigenvalue weighted by molar-refractivity contribution is -0.184. The number of likely N-dealkylation sites (tertiary alicyclic amines) is 1. The Balaban J connectivity index is 2.68. The van der Waals surface area contributed by atoms with Crippen molar-refractivity contribution < 1.29 is 22.7 Å². The molecule has 0 N–H and O–H groups in total. The van der Waals surface area contributed by atoms with Gasteiger partial charge in [0.05, 0.1) is 12.5 Å². The summed E-state index contributed by atoms with van der Waals surface area (Å²) in [5, 5.41) is 0. The first kappa shape index (κ1) is 14.6. The number of rotatable bonds is 4. The summed E-state index contributed by atoms with van der Waals surface area (Å²) in [5.41, 5.74) is 0. The number of amides is 1. The number of carbonyl (C=O) groups excluding carboxylic acids is 1. The van der Waals surface area contributed by atoms with Crippen LogP contribution < -0.4 is 0 Å². The van der Waals surface area contributed by atoms with E-state index >= 15 is 0 Å². The van der Waals surface area contributed by atoms with E-state index in [9.17, 15) is 18.0 Å². The van der Waals surface area contributed by atoms with Crippen LogP contribution in [0, 0.1) is 11.8 Å². The van der Waals surface area contributed by atoms with Gasteiger partial charge >= 0.3 is 6.18 Å². The summed E-state index contributed by atoms with van der Waals surface area (Å²) in [6.07, 6.45) is -4.30. The fourth-order valence-corrected chi connectivity index (χ4v) is 2.14. The molecule has 1 rings (SSSR count). The Morgan fingerprint density at radius 3 is 2.59 bits per heavy atom. The first-order valence-corrected chi connectivity index (χ1v) is 5.91. The van der Waals surface area contributed by atoms with Gasteiger partial charge in [-0.15, -0.1) is 11.6 Å². The molecule has 0 aromatic heterocycles. The predicted molar refractivity (Wildman–Crippen MR) is 56.8 cm³/mol. The van der Waals surface area contributed by atoms with Gasteiger partial charge in [0.25, 0.3) is 0 Å². The molecule has 1 aliphatic rings. The number of nitrogens with zero attached hydrogens (tertiary/aromatic N) is 1. The monoisotopic (exact) mass is 273 g/mol. The van der Waals surface area contributed by atoms with Crippen molar-refractivity contribution in [2.24, 2.45) is 11.8 Å². The standard InChI is InChI=1S/C10H15ClF3NO2/c1-2-17-6-7-4-15(9(16)3-11)5-8(7)10(12,13)14/h7-8H,2-6H2,1H3. The van der Waals surface area contributed by atoms with Gasteiger partial charge in [-0.25, -0.2) is 0 Å². The molecule has 0 aliphatic carbocycles. The predicted octanol–water partition coefficient (Wildman–Crippen LogP) is 1.90. The average molecular weight is 274 g/mol. The second kappa shape index (κ2) is 5.91. The lowest BCUT2D eigenvalue weighted by atomic mass is 9.96. The smallest absolute Gasteiger partial charge is 0.381 e. The third-order valence-corrected chi connectivity index (χ3v) is 3.09. The Kier molecular flexibility index (Phi) is 5.06. The van der Waals surface area contributed by atoms with E-state index in [1.807, 2.05) is 0 Å². The molecule has 0 radical (unpaired) electrons. The topological polar surface area (TPSA) is 29.5 Å². The molecule has 1 amide bonds. The molecule has 1 aliphatic heterocycles. The van der Waals surface area contributed by atoms with Crippen LogP contribution in [0.2, 0.25) is 0 Å². The van der Waals surface area contributed by atoms with Crippen LogP contribution in [0.25, 0.3) is 0 Å². The Bertz CT molecular complexity index is 273. The maximum Gasteiger partial charge on any atom is 0.393 e. The van der Waals surface area contributed by atoms with E-state index in [1.54, 1.807) is 6.92 Å². The van der Waals surface area contributed by atoms with Gasteiger partial charge in [0.2, 0.25) is 5.91 Å². The first-order chi connectivity index (χ1) is 7.90. The largest absolute Gasteiger partial charge is 0.393 e. The van der Waals surface area contributed by atoms with E-state index in [4.69, 9.17) is 16.3 Å². The number of halogens is 4. The number of ether oxygens (including phenoxy) is 1. The zero-order valence-corrected chi connectivity index (χ0v) is 10.2. The van der Waals surface area contributed by atoms with E-state index in [2.05, 4.69) is 0 Å². The van der Waals surface area contributed by atoms with Crippen LogP contribution in [0.4, 0.5) is 13.2 Å². The summed E-state index contributed by atoms with van der Waals surface area (Å²) in [6, 6.07) is 0. The highest BCUT2D eigenvalue weighted by atomic mass is 35.5. The fraction of sp³-hybridized carbons (Fsp3) is 0.900. The molecule has 1 heterocycles. The summed E-state index contributed by atoms with van der Waals surface area (Å²) < 4.78 is 43.3. The van der Waals surface area contributed by atoms with Crippen molar-refractivity contribution in [1.29, 1.82) is 0 Å². The summed E-state index contributed by atoms with van der Waals surface area (Å²) in [5.74, 6) is -2.95. The Morgan fingerprint density at radius 1 is 1.47 bits per heavy atom. The van der Waals surface area contributed by atoms with Crippen LogP contribution in [-0.4, -0.2) is 49.2 Å². The second-order valence-corrected chi connectivity index (χ2v) is 4.27. The number of hydrogen-bond acceptors (Lipinski definition) is 2. The van der Waals surface area contributed by atoms with Crippen LogP contribution >= 0.6 is 11.6 Å². The molecule has 0 aromatic rings. The Labute approximate surface area is 103 Å². The van der Waals surface area contributed by atoms with Gasteiger partial charge in [0.1, 0.15) is 5.88 Å². The molecule has 7 heteroatoms. The minimum Gasteiger partial charge on any atom is -0.381 e. The molecule has 2 atom stereocenters. The summed E-state index contributed by atoms with van der Waals surface area (Å²) in [4.78, 5) is 12.5. The summed E-state index contributed by atoms with van der Waals surface area (Å²) in [6.45, 7) is 1.86. The first-order valence-electron chi connectivity index (χ1n) is 5.38. The molecule has 17 heavy (non-hydrogen) atoms. The second-order valence-electron chi connectivity index (χ2n) is 4.00. The van der Waals surface area contributed by atoms with Gasteiger partial charge in [-0.1, -0.05) is 0 Å². The summed E-state index contributed by atoms with van der Waals surface area (Å²) in [7, 11) is 0. The molecule has 0 spiro atoms. The molecule has 1 saturated heterocycles. The molecule has 100 valence electrons. The van der Waals surface area contributed by atoms with Crippen LogP contribution in [0.3, 0.4) is 0 Å². The Hall–Kier alpha value is -0.490.